The summed E-state index contributed by atoms with van der Waals surface area (Å²) < 4.78 is 12.9. The van der Waals surface area contributed by atoms with E-state index >= 15 is 0 Å². The normalized spacial score (nSPS) is 10.5. The summed E-state index contributed by atoms with van der Waals surface area (Å²) in [6.45, 7) is 0.378. The number of rotatable bonds is 6. The molecule has 26 heavy (non-hydrogen) atoms. The average Bonchev–Trinajstić information content (AvgIpc) is 3.31. The van der Waals surface area contributed by atoms with Crippen molar-refractivity contribution in [2.24, 2.45) is 0 Å². The summed E-state index contributed by atoms with van der Waals surface area (Å²) in [5.74, 6) is -0.682. The number of aromatic nitrogens is 2. The SMILES string of the molecule is O=C(CSc1ncc(-c2ccc(F)cc2)[nH]1)NC(=O)NCc1cccs1. The molecule has 2 aromatic heterocycles. The van der Waals surface area contributed by atoms with Crippen LogP contribution in [-0.4, -0.2) is 27.7 Å². The van der Waals surface area contributed by atoms with E-state index < -0.39 is 11.9 Å². The molecule has 0 radical (unpaired) electrons. The predicted octanol–water partition coefficient (Wildman–Crippen LogP) is 3.40. The van der Waals surface area contributed by atoms with Crippen LogP contribution in [0.15, 0.2) is 53.1 Å². The first kappa shape index (κ1) is 18.2. The topological polar surface area (TPSA) is 86.9 Å². The molecule has 0 aliphatic carbocycles. The summed E-state index contributed by atoms with van der Waals surface area (Å²) in [5.41, 5.74) is 1.52. The number of urea groups is 1. The van der Waals surface area contributed by atoms with Crippen molar-refractivity contribution in [1.29, 1.82) is 0 Å². The Morgan fingerprint density at radius 1 is 1.23 bits per heavy atom. The molecular formula is C17H15FN4O2S2. The van der Waals surface area contributed by atoms with Gasteiger partial charge in [-0.2, -0.15) is 0 Å². The Bertz CT molecular complexity index is 879. The first-order chi connectivity index (χ1) is 12.6. The third-order valence-electron chi connectivity index (χ3n) is 3.30. The molecule has 0 unspecified atom stereocenters. The van der Waals surface area contributed by atoms with Gasteiger partial charge in [-0.1, -0.05) is 17.8 Å². The first-order valence-electron chi connectivity index (χ1n) is 7.64. The van der Waals surface area contributed by atoms with Crippen LogP contribution in [0, 0.1) is 5.82 Å². The van der Waals surface area contributed by atoms with Gasteiger partial charge in [0.25, 0.3) is 0 Å². The van der Waals surface area contributed by atoms with E-state index in [9.17, 15) is 14.0 Å². The van der Waals surface area contributed by atoms with Gasteiger partial charge in [0.15, 0.2) is 5.16 Å². The smallest absolute Gasteiger partial charge is 0.321 e. The highest BCUT2D eigenvalue weighted by molar-refractivity contribution is 7.99. The summed E-state index contributed by atoms with van der Waals surface area (Å²) in [6, 6.07) is 9.28. The number of thiophene rings is 1. The van der Waals surface area contributed by atoms with Crippen LogP contribution in [-0.2, 0) is 11.3 Å². The molecule has 0 saturated carbocycles. The van der Waals surface area contributed by atoms with Crippen molar-refractivity contribution in [3.63, 3.8) is 0 Å². The van der Waals surface area contributed by atoms with E-state index in [1.54, 1.807) is 18.3 Å². The Hall–Kier alpha value is -2.65. The number of imide groups is 1. The van der Waals surface area contributed by atoms with E-state index in [2.05, 4.69) is 20.6 Å². The molecule has 0 fully saturated rings. The van der Waals surface area contributed by atoms with Crippen molar-refractivity contribution in [2.45, 2.75) is 11.7 Å². The van der Waals surface area contributed by atoms with E-state index in [1.807, 2.05) is 17.5 Å². The highest BCUT2D eigenvalue weighted by Crippen LogP contribution is 2.21. The van der Waals surface area contributed by atoms with Crippen LogP contribution in [0.2, 0.25) is 0 Å². The zero-order valence-corrected chi connectivity index (χ0v) is 15.1. The molecule has 3 N–H and O–H groups in total. The number of nitrogens with zero attached hydrogens (tertiary/aromatic N) is 1. The van der Waals surface area contributed by atoms with Crippen molar-refractivity contribution in [3.05, 3.63) is 58.7 Å². The van der Waals surface area contributed by atoms with Crippen molar-refractivity contribution in [3.8, 4) is 11.3 Å². The highest BCUT2D eigenvalue weighted by Gasteiger charge is 2.10. The maximum absolute atomic E-state index is 12.9. The molecule has 0 atom stereocenters. The van der Waals surface area contributed by atoms with Crippen molar-refractivity contribution in [2.75, 3.05) is 5.75 Å². The second-order valence-corrected chi connectivity index (χ2v) is 7.20. The van der Waals surface area contributed by atoms with Crippen molar-refractivity contribution >= 4 is 35.0 Å². The molecular weight excluding hydrogens is 375 g/mol. The molecule has 1 aromatic carbocycles. The third-order valence-corrected chi connectivity index (χ3v) is 5.07. The number of imidazole rings is 1. The van der Waals surface area contributed by atoms with Gasteiger partial charge in [-0.15, -0.1) is 11.3 Å². The van der Waals surface area contributed by atoms with Crippen LogP contribution in [0.1, 0.15) is 4.88 Å². The lowest BCUT2D eigenvalue weighted by atomic mass is 10.2. The lowest BCUT2D eigenvalue weighted by molar-refractivity contribution is -0.117. The van der Waals surface area contributed by atoms with E-state index in [-0.39, 0.29) is 11.6 Å². The number of carbonyl (C=O) groups is 2. The maximum atomic E-state index is 12.9. The zero-order chi connectivity index (χ0) is 18.4. The summed E-state index contributed by atoms with van der Waals surface area (Å²) in [7, 11) is 0. The van der Waals surface area contributed by atoms with E-state index in [4.69, 9.17) is 0 Å². The standard InChI is InChI=1S/C17H15FN4O2S2/c18-12-5-3-11(4-6-12)14-9-20-17(21-14)26-10-15(23)22-16(24)19-8-13-2-1-7-25-13/h1-7,9H,8,10H2,(H,20,21)(H2,19,22,23,24). The van der Waals surface area contributed by atoms with Gasteiger partial charge in [0, 0.05) is 4.88 Å². The fraction of sp³-hybridized carbons (Fsp3) is 0.118. The molecule has 0 aliphatic heterocycles. The van der Waals surface area contributed by atoms with Crippen LogP contribution in [0.4, 0.5) is 9.18 Å². The minimum atomic E-state index is -0.532. The van der Waals surface area contributed by atoms with E-state index in [0.29, 0.717) is 11.7 Å². The lowest BCUT2D eigenvalue weighted by Gasteiger charge is -2.05. The van der Waals surface area contributed by atoms with Gasteiger partial charge in [0.1, 0.15) is 5.82 Å². The number of hydrogen-bond donors (Lipinski definition) is 3. The summed E-state index contributed by atoms with van der Waals surface area (Å²) in [6.07, 6.45) is 1.61. The number of benzene rings is 1. The average molecular weight is 390 g/mol. The number of carbonyl (C=O) groups excluding carboxylic acids is 2. The molecule has 2 heterocycles. The maximum Gasteiger partial charge on any atom is 0.321 e. The Morgan fingerprint density at radius 3 is 2.77 bits per heavy atom. The number of thioether (sulfide) groups is 1. The first-order valence-corrected chi connectivity index (χ1v) is 9.50. The summed E-state index contributed by atoms with van der Waals surface area (Å²) in [4.78, 5) is 31.7. The predicted molar refractivity (Wildman–Crippen MR) is 99.4 cm³/mol. The highest BCUT2D eigenvalue weighted by atomic mass is 32.2. The number of amides is 3. The zero-order valence-electron chi connectivity index (χ0n) is 13.5. The lowest BCUT2D eigenvalue weighted by Crippen LogP contribution is -2.39. The van der Waals surface area contributed by atoms with Gasteiger partial charge in [-0.3, -0.25) is 10.1 Å². The third kappa shape index (κ3) is 5.17. The Balaban J connectivity index is 1.44. The van der Waals surface area contributed by atoms with Gasteiger partial charge in [0.05, 0.1) is 24.2 Å². The molecule has 6 nitrogen and oxygen atoms in total. The summed E-state index contributed by atoms with van der Waals surface area (Å²) in [5, 5.41) is 7.35. The van der Waals surface area contributed by atoms with Crippen LogP contribution >= 0.6 is 23.1 Å². The van der Waals surface area contributed by atoms with Gasteiger partial charge in [0.2, 0.25) is 5.91 Å². The Kier molecular flexibility index (Phi) is 6.03. The molecule has 0 bridgehead atoms. The second kappa shape index (κ2) is 8.63. The molecule has 0 saturated heterocycles. The van der Waals surface area contributed by atoms with Crippen molar-refractivity contribution in [1.82, 2.24) is 20.6 Å². The molecule has 0 spiro atoms. The Morgan fingerprint density at radius 2 is 2.04 bits per heavy atom. The molecule has 3 amide bonds. The number of H-pyrrole nitrogens is 1. The van der Waals surface area contributed by atoms with Crippen LogP contribution in [0.25, 0.3) is 11.3 Å². The van der Waals surface area contributed by atoms with Crippen LogP contribution in [0.5, 0.6) is 0 Å². The fourth-order valence-corrected chi connectivity index (χ4v) is 3.37. The number of halogens is 1. The molecule has 134 valence electrons. The molecule has 0 aliphatic rings. The van der Waals surface area contributed by atoms with Gasteiger partial charge in [-0.25, -0.2) is 14.2 Å². The largest absolute Gasteiger partial charge is 0.333 e. The van der Waals surface area contributed by atoms with E-state index in [1.165, 1.54) is 35.2 Å². The van der Waals surface area contributed by atoms with Gasteiger partial charge in [-0.05, 0) is 41.3 Å². The molecule has 9 heteroatoms. The number of nitrogens with one attached hydrogen (secondary N) is 3. The monoisotopic (exact) mass is 390 g/mol. The fourth-order valence-electron chi connectivity index (χ4n) is 2.07. The number of aromatic amines is 1. The van der Waals surface area contributed by atoms with Gasteiger partial charge >= 0.3 is 6.03 Å². The minimum Gasteiger partial charge on any atom is -0.333 e. The Labute approximate surface area is 157 Å². The minimum absolute atomic E-state index is 0.0444. The quantitative estimate of drug-likeness (QED) is 0.563. The molecule has 3 rings (SSSR count). The van der Waals surface area contributed by atoms with Gasteiger partial charge < -0.3 is 10.3 Å². The molecule has 3 aromatic rings. The van der Waals surface area contributed by atoms with E-state index in [0.717, 1.165) is 16.1 Å². The van der Waals surface area contributed by atoms with Crippen molar-refractivity contribution < 1.29 is 14.0 Å². The van der Waals surface area contributed by atoms with Crippen LogP contribution < -0.4 is 10.6 Å². The van der Waals surface area contributed by atoms with Crippen LogP contribution in [0.3, 0.4) is 0 Å². The second-order valence-electron chi connectivity index (χ2n) is 5.21. The summed E-state index contributed by atoms with van der Waals surface area (Å²) >= 11 is 2.70. The number of hydrogen-bond acceptors (Lipinski definition) is 5.